The Hall–Kier alpha value is -1.93. The molecule has 1 aliphatic heterocycles. The summed E-state index contributed by atoms with van der Waals surface area (Å²) in [7, 11) is -2.34. The Labute approximate surface area is 157 Å². The predicted octanol–water partition coefficient (Wildman–Crippen LogP) is 2.46. The molecule has 1 aliphatic rings. The molecule has 0 radical (unpaired) electrons. The van der Waals surface area contributed by atoms with E-state index in [1.165, 1.54) is 25.2 Å². The minimum Gasteiger partial charge on any atom is -0.370 e. The highest BCUT2D eigenvalue weighted by atomic mass is 35.5. The van der Waals surface area contributed by atoms with Crippen molar-refractivity contribution in [1.29, 1.82) is 0 Å². The molecule has 1 amide bonds. The van der Waals surface area contributed by atoms with E-state index in [1.807, 2.05) is 30.3 Å². The van der Waals surface area contributed by atoms with E-state index in [2.05, 4.69) is 4.72 Å². The Balaban J connectivity index is 1.86. The van der Waals surface area contributed by atoms with Gasteiger partial charge in [0.1, 0.15) is 6.10 Å². The lowest BCUT2D eigenvalue weighted by Gasteiger charge is -2.33. The van der Waals surface area contributed by atoms with Crippen LogP contribution < -0.4 is 4.72 Å². The third-order valence-corrected chi connectivity index (χ3v) is 6.01. The van der Waals surface area contributed by atoms with E-state index < -0.39 is 10.0 Å². The number of nitrogens with one attached hydrogen (secondary N) is 1. The van der Waals surface area contributed by atoms with Crippen molar-refractivity contribution < 1.29 is 17.9 Å². The molecule has 2 aromatic rings. The number of benzene rings is 2. The smallest absolute Gasteiger partial charge is 0.255 e. The van der Waals surface area contributed by atoms with Gasteiger partial charge in [-0.15, -0.1) is 0 Å². The molecule has 0 saturated carbocycles. The van der Waals surface area contributed by atoms with Crippen LogP contribution in [0.15, 0.2) is 53.4 Å². The molecule has 0 aliphatic carbocycles. The summed E-state index contributed by atoms with van der Waals surface area (Å²) in [5, 5.41) is 0.216. The van der Waals surface area contributed by atoms with E-state index in [4.69, 9.17) is 16.3 Å². The van der Waals surface area contributed by atoms with E-state index in [0.29, 0.717) is 19.7 Å². The summed E-state index contributed by atoms with van der Waals surface area (Å²) in [5.41, 5.74) is 1.15. The van der Waals surface area contributed by atoms with E-state index in [9.17, 15) is 13.2 Å². The molecular weight excluding hydrogens is 376 g/mol. The zero-order chi connectivity index (χ0) is 18.7. The molecule has 0 spiro atoms. The third-order valence-electron chi connectivity index (χ3n) is 4.27. The molecule has 0 aromatic heterocycles. The first-order valence-corrected chi connectivity index (χ1v) is 9.97. The van der Waals surface area contributed by atoms with Gasteiger partial charge in [0.25, 0.3) is 5.91 Å². The largest absolute Gasteiger partial charge is 0.370 e. The van der Waals surface area contributed by atoms with Crippen LogP contribution in [0.2, 0.25) is 5.02 Å². The molecule has 6 nitrogen and oxygen atoms in total. The fourth-order valence-corrected chi connectivity index (χ4v) is 3.78. The van der Waals surface area contributed by atoms with Crippen LogP contribution in [0.1, 0.15) is 22.0 Å². The summed E-state index contributed by atoms with van der Waals surface area (Å²) in [6, 6.07) is 13.8. The lowest BCUT2D eigenvalue weighted by atomic mass is 10.1. The molecule has 0 bridgehead atoms. The molecule has 1 saturated heterocycles. The quantitative estimate of drug-likeness (QED) is 0.864. The molecule has 3 rings (SSSR count). The highest BCUT2D eigenvalue weighted by molar-refractivity contribution is 7.89. The highest BCUT2D eigenvalue weighted by Gasteiger charge is 2.28. The van der Waals surface area contributed by atoms with Crippen molar-refractivity contribution in [2.75, 3.05) is 26.7 Å². The maximum Gasteiger partial charge on any atom is 0.255 e. The molecule has 1 fully saturated rings. The van der Waals surface area contributed by atoms with Crippen LogP contribution in [0.4, 0.5) is 0 Å². The van der Waals surface area contributed by atoms with Crippen LogP contribution in [0, 0.1) is 0 Å². The summed E-state index contributed by atoms with van der Waals surface area (Å²) in [5.74, 6) is -0.313. The normalized spacial score (nSPS) is 17.9. The van der Waals surface area contributed by atoms with E-state index in [0.717, 1.165) is 5.56 Å². The van der Waals surface area contributed by atoms with Gasteiger partial charge in [0.05, 0.1) is 28.6 Å². The number of ether oxygens (including phenoxy) is 1. The first-order chi connectivity index (χ1) is 12.4. The molecule has 8 heteroatoms. The monoisotopic (exact) mass is 394 g/mol. The number of carbonyl (C=O) groups is 1. The Morgan fingerprint density at radius 1 is 1.23 bits per heavy atom. The molecular formula is C18H19ClN2O4S. The van der Waals surface area contributed by atoms with Gasteiger partial charge in [-0.05, 0) is 30.8 Å². The van der Waals surface area contributed by atoms with Crippen molar-refractivity contribution in [3.05, 3.63) is 64.7 Å². The number of morpholine rings is 1. The number of amides is 1. The number of carbonyl (C=O) groups excluding carboxylic acids is 1. The van der Waals surface area contributed by atoms with Crippen molar-refractivity contribution in [2.45, 2.75) is 11.0 Å². The van der Waals surface area contributed by atoms with E-state index in [1.54, 1.807) is 4.90 Å². The van der Waals surface area contributed by atoms with Crippen molar-refractivity contribution in [3.8, 4) is 0 Å². The average molecular weight is 395 g/mol. The SMILES string of the molecule is CNS(=O)(=O)c1ccc(Cl)c(C(=O)N2CCOC(c3ccccc3)C2)c1. The first kappa shape index (κ1) is 18.8. The van der Waals surface area contributed by atoms with Crippen LogP contribution >= 0.6 is 11.6 Å². The molecule has 1 heterocycles. The van der Waals surface area contributed by atoms with Crippen molar-refractivity contribution >= 4 is 27.5 Å². The topological polar surface area (TPSA) is 75.7 Å². The van der Waals surface area contributed by atoms with Gasteiger partial charge in [-0.1, -0.05) is 41.9 Å². The maximum atomic E-state index is 12.9. The lowest BCUT2D eigenvalue weighted by Crippen LogP contribution is -2.42. The Morgan fingerprint density at radius 3 is 2.65 bits per heavy atom. The van der Waals surface area contributed by atoms with Crippen LogP contribution in [0.5, 0.6) is 0 Å². The van der Waals surface area contributed by atoms with Crippen LogP contribution in [0.3, 0.4) is 0 Å². The number of halogens is 1. The Bertz CT molecular complexity index is 903. The van der Waals surface area contributed by atoms with Gasteiger partial charge in [0.15, 0.2) is 0 Å². The van der Waals surface area contributed by atoms with Crippen LogP contribution in [-0.4, -0.2) is 46.0 Å². The second kappa shape index (κ2) is 7.75. The van der Waals surface area contributed by atoms with Gasteiger partial charge in [-0.2, -0.15) is 0 Å². The van der Waals surface area contributed by atoms with E-state index >= 15 is 0 Å². The van der Waals surface area contributed by atoms with Gasteiger partial charge in [0.2, 0.25) is 10.0 Å². The van der Waals surface area contributed by atoms with Gasteiger partial charge < -0.3 is 9.64 Å². The standard InChI is InChI=1S/C18H19ClN2O4S/c1-20-26(23,24)14-7-8-16(19)15(11-14)18(22)21-9-10-25-17(12-21)13-5-3-2-4-6-13/h2-8,11,17,20H,9-10,12H2,1H3. The zero-order valence-electron chi connectivity index (χ0n) is 14.2. The summed E-state index contributed by atoms with van der Waals surface area (Å²) in [6.45, 7) is 1.20. The summed E-state index contributed by atoms with van der Waals surface area (Å²) < 4.78 is 32.0. The molecule has 1 atom stereocenters. The molecule has 138 valence electrons. The number of rotatable bonds is 4. The zero-order valence-corrected chi connectivity index (χ0v) is 15.8. The summed E-state index contributed by atoms with van der Waals surface area (Å²) >= 11 is 6.16. The minimum atomic E-state index is -3.66. The Kier molecular flexibility index (Phi) is 5.62. The summed E-state index contributed by atoms with van der Waals surface area (Å²) in [6.07, 6.45) is -0.225. The minimum absolute atomic E-state index is 0.000573. The maximum absolute atomic E-state index is 12.9. The van der Waals surface area contributed by atoms with Gasteiger partial charge in [-0.25, -0.2) is 13.1 Å². The van der Waals surface area contributed by atoms with Crippen molar-refractivity contribution in [3.63, 3.8) is 0 Å². The van der Waals surface area contributed by atoms with Crippen molar-refractivity contribution in [2.24, 2.45) is 0 Å². The number of sulfonamides is 1. The van der Waals surface area contributed by atoms with E-state index in [-0.39, 0.29) is 27.5 Å². The first-order valence-electron chi connectivity index (χ1n) is 8.11. The Morgan fingerprint density at radius 2 is 1.96 bits per heavy atom. The van der Waals surface area contributed by atoms with Crippen molar-refractivity contribution in [1.82, 2.24) is 9.62 Å². The van der Waals surface area contributed by atoms with Gasteiger partial charge in [0, 0.05) is 6.54 Å². The van der Waals surface area contributed by atoms with Crippen LogP contribution in [-0.2, 0) is 14.8 Å². The second-order valence-electron chi connectivity index (χ2n) is 5.87. The number of nitrogens with zero attached hydrogens (tertiary/aromatic N) is 1. The molecule has 1 N–H and O–H groups in total. The third kappa shape index (κ3) is 3.91. The molecule has 26 heavy (non-hydrogen) atoms. The van der Waals surface area contributed by atoms with Crippen LogP contribution in [0.25, 0.3) is 0 Å². The van der Waals surface area contributed by atoms with Gasteiger partial charge >= 0.3 is 0 Å². The summed E-state index contributed by atoms with van der Waals surface area (Å²) in [4.78, 5) is 14.6. The molecule has 2 aromatic carbocycles. The fraction of sp³-hybridized carbons (Fsp3) is 0.278. The lowest BCUT2D eigenvalue weighted by molar-refractivity contribution is -0.0228. The van der Waals surface area contributed by atoms with Gasteiger partial charge in [-0.3, -0.25) is 4.79 Å². The predicted molar refractivity (Wildman–Crippen MR) is 98.7 cm³/mol. The highest BCUT2D eigenvalue weighted by Crippen LogP contribution is 2.26. The second-order valence-corrected chi connectivity index (χ2v) is 8.16. The molecule has 1 unspecified atom stereocenters. The average Bonchev–Trinajstić information content (AvgIpc) is 2.68. The number of hydrogen-bond donors (Lipinski definition) is 1. The number of hydrogen-bond acceptors (Lipinski definition) is 4. The fourth-order valence-electron chi connectivity index (χ4n) is 2.83.